The number of nitrogen functional groups attached to an aromatic ring is 1. The van der Waals surface area contributed by atoms with Gasteiger partial charge in [0.15, 0.2) is 5.82 Å². The molecule has 164 valence electrons. The highest BCUT2D eigenvalue weighted by molar-refractivity contribution is 5.99. The van der Waals surface area contributed by atoms with Gasteiger partial charge in [-0.25, -0.2) is 5.10 Å². The highest BCUT2D eigenvalue weighted by Crippen LogP contribution is 2.36. The summed E-state index contributed by atoms with van der Waals surface area (Å²) in [6.45, 7) is 0. The van der Waals surface area contributed by atoms with E-state index < -0.39 is 0 Å². The normalized spacial score (nSPS) is 18.7. The van der Waals surface area contributed by atoms with Crippen molar-refractivity contribution in [2.24, 2.45) is 0 Å². The molecule has 0 spiro atoms. The lowest BCUT2D eigenvalue weighted by Gasteiger charge is -2.28. The van der Waals surface area contributed by atoms with Crippen LogP contribution in [0, 0.1) is 0 Å². The van der Waals surface area contributed by atoms with Crippen molar-refractivity contribution in [3.63, 3.8) is 0 Å². The Morgan fingerprint density at radius 2 is 1.72 bits per heavy atom. The van der Waals surface area contributed by atoms with Crippen molar-refractivity contribution in [3.8, 4) is 22.8 Å². The van der Waals surface area contributed by atoms with Crippen molar-refractivity contribution in [1.82, 2.24) is 25.3 Å². The molecule has 2 aromatic heterocycles. The summed E-state index contributed by atoms with van der Waals surface area (Å²) in [5.41, 5.74) is 7.96. The van der Waals surface area contributed by atoms with E-state index in [1.54, 1.807) is 0 Å². The fourth-order valence-corrected chi connectivity index (χ4v) is 4.50. The third-order valence-electron chi connectivity index (χ3n) is 6.22. The molecule has 0 saturated heterocycles. The number of nitrogens with zero attached hydrogens (tertiary/aromatic N) is 3. The first-order chi connectivity index (χ1) is 15.6. The Hall–Kier alpha value is -3.65. The first kappa shape index (κ1) is 20.3. The van der Waals surface area contributed by atoms with Gasteiger partial charge in [-0.3, -0.25) is 9.48 Å². The summed E-state index contributed by atoms with van der Waals surface area (Å²) in [7, 11) is 1.99. The second kappa shape index (κ2) is 8.47. The van der Waals surface area contributed by atoms with E-state index in [-0.39, 0.29) is 17.4 Å². The van der Waals surface area contributed by atoms with Gasteiger partial charge in [0, 0.05) is 11.6 Å². The van der Waals surface area contributed by atoms with Gasteiger partial charge in [-0.2, -0.15) is 10.2 Å². The summed E-state index contributed by atoms with van der Waals surface area (Å²) < 4.78 is 7.76. The van der Waals surface area contributed by atoms with Crippen LogP contribution >= 0.6 is 0 Å². The zero-order chi connectivity index (χ0) is 22.1. The van der Waals surface area contributed by atoms with Gasteiger partial charge in [0.25, 0.3) is 5.56 Å². The summed E-state index contributed by atoms with van der Waals surface area (Å²) >= 11 is 0. The molecule has 0 aliphatic heterocycles. The summed E-state index contributed by atoms with van der Waals surface area (Å²) in [4.78, 5) is 12.8. The molecule has 0 unspecified atom stereocenters. The number of hydrogen-bond acceptors (Lipinski definition) is 6. The number of nitrogens with two attached hydrogens (primary N) is 1. The number of para-hydroxylation sites is 1. The van der Waals surface area contributed by atoms with E-state index in [1.807, 2.05) is 66.3 Å². The Balaban J connectivity index is 1.53. The van der Waals surface area contributed by atoms with Crippen molar-refractivity contribution in [1.29, 1.82) is 0 Å². The fourth-order valence-electron chi connectivity index (χ4n) is 4.50. The standard InChI is InChI=1S/C24H26N6O2/c1-26-16-9-11-17(12-10-16)30-22-20(23(25)27-28-24(22)31)21(29-30)15-7-13-19(14-8-15)32-18-5-3-2-4-6-18/h2-8,13-14,16-17,26H,9-12H2,1H3,(H2,25,27)(H,28,31)/t16-,17+. The Kier molecular flexibility index (Phi) is 5.36. The summed E-state index contributed by atoms with van der Waals surface area (Å²) in [6.07, 6.45) is 3.99. The molecule has 32 heavy (non-hydrogen) atoms. The predicted octanol–water partition coefficient (Wildman–Crippen LogP) is 3.86. The first-order valence-electron chi connectivity index (χ1n) is 10.9. The van der Waals surface area contributed by atoms with Crippen molar-refractivity contribution < 1.29 is 4.74 Å². The van der Waals surface area contributed by atoms with Crippen LogP contribution in [0.5, 0.6) is 11.5 Å². The molecule has 4 aromatic rings. The van der Waals surface area contributed by atoms with Gasteiger partial charge in [-0.1, -0.05) is 18.2 Å². The molecular formula is C24H26N6O2. The van der Waals surface area contributed by atoms with Gasteiger partial charge in [0.2, 0.25) is 0 Å². The van der Waals surface area contributed by atoms with Crippen molar-refractivity contribution in [2.75, 3.05) is 12.8 Å². The first-order valence-corrected chi connectivity index (χ1v) is 10.9. The number of aromatic nitrogens is 4. The molecule has 8 heteroatoms. The van der Waals surface area contributed by atoms with E-state index in [1.165, 1.54) is 0 Å². The molecule has 8 nitrogen and oxygen atoms in total. The Morgan fingerprint density at radius 3 is 2.41 bits per heavy atom. The van der Waals surface area contributed by atoms with Crippen LogP contribution in [-0.2, 0) is 0 Å². The van der Waals surface area contributed by atoms with E-state index >= 15 is 0 Å². The minimum atomic E-state index is -0.271. The maximum Gasteiger partial charge on any atom is 0.290 e. The molecule has 1 aliphatic rings. The Bertz CT molecular complexity index is 1270. The highest BCUT2D eigenvalue weighted by atomic mass is 16.5. The van der Waals surface area contributed by atoms with Gasteiger partial charge in [0.1, 0.15) is 22.7 Å². The number of rotatable bonds is 5. The zero-order valence-electron chi connectivity index (χ0n) is 17.9. The molecule has 0 radical (unpaired) electrons. The SMILES string of the molecule is CN[C@H]1CC[C@@H](n2nc(-c3ccc(Oc4ccccc4)cc3)c3c(N)n[nH]c(=O)c32)CC1. The average molecular weight is 431 g/mol. The maximum atomic E-state index is 12.8. The van der Waals surface area contributed by atoms with Crippen LogP contribution in [0.1, 0.15) is 31.7 Å². The molecule has 1 aliphatic carbocycles. The van der Waals surface area contributed by atoms with Crippen molar-refractivity contribution >= 4 is 16.7 Å². The second-order valence-corrected chi connectivity index (χ2v) is 8.19. The lowest BCUT2D eigenvalue weighted by molar-refractivity contribution is 0.290. The molecule has 0 atom stereocenters. The van der Waals surface area contributed by atoms with Crippen LogP contribution in [0.4, 0.5) is 5.82 Å². The molecule has 2 aromatic carbocycles. The van der Waals surface area contributed by atoms with Gasteiger partial charge < -0.3 is 15.8 Å². The molecule has 1 saturated carbocycles. The monoisotopic (exact) mass is 430 g/mol. The lowest BCUT2D eigenvalue weighted by atomic mass is 9.91. The highest BCUT2D eigenvalue weighted by Gasteiger charge is 2.27. The van der Waals surface area contributed by atoms with E-state index in [0.717, 1.165) is 42.7 Å². The van der Waals surface area contributed by atoms with E-state index in [0.29, 0.717) is 22.6 Å². The van der Waals surface area contributed by atoms with E-state index in [2.05, 4.69) is 15.5 Å². The minimum absolute atomic E-state index is 0.152. The molecule has 4 N–H and O–H groups in total. The molecular weight excluding hydrogens is 404 g/mol. The van der Waals surface area contributed by atoms with Crippen LogP contribution in [0.25, 0.3) is 22.2 Å². The predicted molar refractivity (Wildman–Crippen MR) is 125 cm³/mol. The molecule has 0 bridgehead atoms. The van der Waals surface area contributed by atoms with Crippen molar-refractivity contribution in [3.05, 3.63) is 65.0 Å². The summed E-state index contributed by atoms with van der Waals surface area (Å²) in [6, 6.07) is 17.9. The van der Waals surface area contributed by atoms with Crippen LogP contribution in [0.2, 0.25) is 0 Å². The molecule has 1 fully saturated rings. The number of nitrogens with one attached hydrogen (secondary N) is 2. The number of benzene rings is 2. The van der Waals surface area contributed by atoms with Crippen LogP contribution in [0.15, 0.2) is 59.4 Å². The van der Waals surface area contributed by atoms with Gasteiger partial charge >= 0.3 is 0 Å². The topological polar surface area (TPSA) is 111 Å². The molecule has 5 rings (SSSR count). The number of aromatic amines is 1. The smallest absolute Gasteiger partial charge is 0.290 e. The second-order valence-electron chi connectivity index (χ2n) is 8.19. The van der Waals surface area contributed by atoms with Crippen LogP contribution < -0.4 is 21.3 Å². The molecule has 2 heterocycles. The van der Waals surface area contributed by atoms with E-state index in [9.17, 15) is 4.79 Å². The van der Waals surface area contributed by atoms with E-state index in [4.69, 9.17) is 15.6 Å². The summed E-state index contributed by atoms with van der Waals surface area (Å²) in [5, 5.41) is 15.4. The van der Waals surface area contributed by atoms with Gasteiger partial charge in [-0.05, 0) is 69.1 Å². The number of fused-ring (bicyclic) bond motifs is 1. The largest absolute Gasteiger partial charge is 0.457 e. The average Bonchev–Trinajstić information content (AvgIpc) is 3.25. The summed E-state index contributed by atoms with van der Waals surface area (Å²) in [5.74, 6) is 1.76. The zero-order valence-corrected chi connectivity index (χ0v) is 17.9. The van der Waals surface area contributed by atoms with Crippen LogP contribution in [-0.4, -0.2) is 33.1 Å². The van der Waals surface area contributed by atoms with Gasteiger partial charge in [0.05, 0.1) is 11.4 Å². The number of hydrogen-bond donors (Lipinski definition) is 3. The Morgan fingerprint density at radius 1 is 1.03 bits per heavy atom. The van der Waals surface area contributed by atoms with Crippen LogP contribution in [0.3, 0.4) is 0 Å². The van der Waals surface area contributed by atoms with Gasteiger partial charge in [-0.15, -0.1) is 0 Å². The quantitative estimate of drug-likeness (QED) is 0.443. The minimum Gasteiger partial charge on any atom is -0.457 e. The number of ether oxygens (including phenoxy) is 1. The molecule has 0 amide bonds. The fraction of sp³-hybridized carbons (Fsp3) is 0.292. The third-order valence-corrected chi connectivity index (χ3v) is 6.22. The number of anilines is 1. The maximum absolute atomic E-state index is 12.8. The lowest BCUT2D eigenvalue weighted by Crippen LogP contribution is -2.31. The van der Waals surface area contributed by atoms with Crippen molar-refractivity contribution in [2.45, 2.75) is 37.8 Å². The Labute approximate surface area is 185 Å². The third kappa shape index (κ3) is 3.73. The number of H-pyrrole nitrogens is 1.